The quantitative estimate of drug-likeness (QED) is 0.783. The minimum atomic E-state index is 0.233. The average Bonchev–Trinajstić information content (AvgIpc) is 2.80. The van der Waals surface area contributed by atoms with Gasteiger partial charge in [0.25, 0.3) is 0 Å². The molecule has 0 bridgehead atoms. The number of rotatable bonds is 3. The van der Waals surface area contributed by atoms with E-state index in [0.29, 0.717) is 11.2 Å². The van der Waals surface area contributed by atoms with Crippen LogP contribution in [-0.4, -0.2) is 24.8 Å². The zero-order chi connectivity index (χ0) is 10.3. The summed E-state index contributed by atoms with van der Waals surface area (Å²) in [5.74, 6) is 1.63. The molecular formula is C12H15NO2. The molecule has 3 rings (SSSR count). The summed E-state index contributed by atoms with van der Waals surface area (Å²) in [6.45, 7) is 2.91. The van der Waals surface area contributed by atoms with Gasteiger partial charge in [-0.15, -0.1) is 0 Å². The number of hydrogen-bond donors (Lipinski definition) is 2. The Balaban J connectivity index is 1.65. The van der Waals surface area contributed by atoms with Crippen LogP contribution >= 0.6 is 0 Å². The standard InChI is InChI=1S/C12H15NO2/c14-10-3-1-2-4-11(10)15-8-12-5-9(12)6-13-7-12/h1-4,9,13-14H,5-8H2. The van der Waals surface area contributed by atoms with Gasteiger partial charge >= 0.3 is 0 Å². The average molecular weight is 205 g/mol. The lowest BCUT2D eigenvalue weighted by molar-refractivity contribution is 0.228. The van der Waals surface area contributed by atoms with Crippen LogP contribution in [0.2, 0.25) is 0 Å². The van der Waals surface area contributed by atoms with Crippen LogP contribution in [0.3, 0.4) is 0 Å². The summed E-state index contributed by atoms with van der Waals surface area (Å²) in [7, 11) is 0. The molecule has 0 aromatic heterocycles. The number of aromatic hydroxyl groups is 1. The van der Waals surface area contributed by atoms with Crippen molar-refractivity contribution in [1.29, 1.82) is 0 Å². The second-order valence-electron chi connectivity index (χ2n) is 4.65. The molecule has 1 aliphatic carbocycles. The molecular weight excluding hydrogens is 190 g/mol. The lowest BCUT2D eigenvalue weighted by Crippen LogP contribution is -2.21. The number of phenolic OH excluding ortho intramolecular Hbond substituents is 1. The van der Waals surface area contributed by atoms with Crippen molar-refractivity contribution >= 4 is 0 Å². The van der Waals surface area contributed by atoms with Crippen molar-refractivity contribution < 1.29 is 9.84 Å². The van der Waals surface area contributed by atoms with Crippen molar-refractivity contribution in [2.75, 3.05) is 19.7 Å². The van der Waals surface area contributed by atoms with Gasteiger partial charge in [0.1, 0.15) is 0 Å². The van der Waals surface area contributed by atoms with Gasteiger partial charge in [-0.3, -0.25) is 0 Å². The molecule has 1 heterocycles. The molecule has 1 aromatic carbocycles. The highest BCUT2D eigenvalue weighted by Crippen LogP contribution is 2.55. The summed E-state index contributed by atoms with van der Waals surface area (Å²) in [6, 6.07) is 7.15. The van der Waals surface area contributed by atoms with E-state index in [4.69, 9.17) is 4.74 Å². The topological polar surface area (TPSA) is 41.5 Å². The first-order valence-electron chi connectivity index (χ1n) is 5.42. The number of benzene rings is 1. The molecule has 0 amide bonds. The molecule has 1 aromatic rings. The van der Waals surface area contributed by atoms with Crippen molar-refractivity contribution in [3.8, 4) is 11.5 Å². The van der Waals surface area contributed by atoms with E-state index in [-0.39, 0.29) is 5.75 Å². The molecule has 0 radical (unpaired) electrons. The third-order valence-corrected chi connectivity index (χ3v) is 3.61. The number of ether oxygens (including phenoxy) is 1. The number of para-hydroxylation sites is 2. The van der Waals surface area contributed by atoms with E-state index in [2.05, 4.69) is 5.32 Å². The summed E-state index contributed by atoms with van der Waals surface area (Å²) >= 11 is 0. The largest absolute Gasteiger partial charge is 0.504 e. The van der Waals surface area contributed by atoms with Gasteiger partial charge in [0.05, 0.1) is 6.61 Å². The van der Waals surface area contributed by atoms with Gasteiger partial charge in [-0.05, 0) is 31.0 Å². The van der Waals surface area contributed by atoms with E-state index >= 15 is 0 Å². The fourth-order valence-corrected chi connectivity index (χ4v) is 2.46. The van der Waals surface area contributed by atoms with E-state index in [0.717, 1.165) is 25.6 Å². The van der Waals surface area contributed by atoms with Crippen LogP contribution in [0.15, 0.2) is 24.3 Å². The Bertz CT molecular complexity index is 380. The van der Waals surface area contributed by atoms with Crippen LogP contribution < -0.4 is 10.1 Å². The maximum atomic E-state index is 9.54. The Morgan fingerprint density at radius 3 is 3.00 bits per heavy atom. The van der Waals surface area contributed by atoms with Crippen molar-refractivity contribution in [3.05, 3.63) is 24.3 Å². The highest BCUT2D eigenvalue weighted by atomic mass is 16.5. The molecule has 80 valence electrons. The summed E-state index contributed by atoms with van der Waals surface area (Å²) in [5.41, 5.74) is 0.363. The lowest BCUT2D eigenvalue weighted by atomic mass is 10.1. The predicted molar refractivity (Wildman–Crippen MR) is 57.0 cm³/mol. The van der Waals surface area contributed by atoms with Gasteiger partial charge < -0.3 is 15.2 Å². The molecule has 3 heteroatoms. The normalized spacial score (nSPS) is 32.4. The maximum Gasteiger partial charge on any atom is 0.160 e. The van der Waals surface area contributed by atoms with Gasteiger partial charge in [-0.2, -0.15) is 0 Å². The smallest absolute Gasteiger partial charge is 0.160 e. The van der Waals surface area contributed by atoms with E-state index in [1.807, 2.05) is 12.1 Å². The number of hydrogen-bond acceptors (Lipinski definition) is 3. The fourth-order valence-electron chi connectivity index (χ4n) is 2.46. The molecule has 2 aliphatic rings. The van der Waals surface area contributed by atoms with Crippen molar-refractivity contribution in [1.82, 2.24) is 5.32 Å². The van der Waals surface area contributed by atoms with Crippen LogP contribution in [0.1, 0.15) is 6.42 Å². The second-order valence-corrected chi connectivity index (χ2v) is 4.65. The van der Waals surface area contributed by atoms with Crippen LogP contribution in [0.25, 0.3) is 0 Å². The van der Waals surface area contributed by atoms with E-state index < -0.39 is 0 Å². The van der Waals surface area contributed by atoms with Gasteiger partial charge in [0.2, 0.25) is 0 Å². The Morgan fingerprint density at radius 1 is 1.47 bits per heavy atom. The van der Waals surface area contributed by atoms with Gasteiger partial charge in [0.15, 0.2) is 11.5 Å². The third kappa shape index (κ3) is 1.47. The summed E-state index contributed by atoms with van der Waals surface area (Å²) in [6.07, 6.45) is 1.27. The van der Waals surface area contributed by atoms with E-state index in [9.17, 15) is 5.11 Å². The molecule has 15 heavy (non-hydrogen) atoms. The maximum absolute atomic E-state index is 9.54. The monoisotopic (exact) mass is 205 g/mol. The number of nitrogens with one attached hydrogen (secondary N) is 1. The number of piperidine rings is 1. The molecule has 1 aliphatic heterocycles. The van der Waals surface area contributed by atoms with Crippen molar-refractivity contribution in [2.45, 2.75) is 6.42 Å². The highest BCUT2D eigenvalue weighted by Gasteiger charge is 2.57. The van der Waals surface area contributed by atoms with Crippen LogP contribution in [-0.2, 0) is 0 Å². The van der Waals surface area contributed by atoms with Gasteiger partial charge in [-0.25, -0.2) is 0 Å². The molecule has 1 saturated carbocycles. The summed E-state index contributed by atoms with van der Waals surface area (Å²) in [5, 5.41) is 12.9. The van der Waals surface area contributed by atoms with Crippen LogP contribution in [0.5, 0.6) is 11.5 Å². The molecule has 2 unspecified atom stereocenters. The zero-order valence-electron chi connectivity index (χ0n) is 8.57. The third-order valence-electron chi connectivity index (χ3n) is 3.61. The molecule has 3 nitrogen and oxygen atoms in total. The summed E-state index contributed by atoms with van der Waals surface area (Å²) in [4.78, 5) is 0. The van der Waals surface area contributed by atoms with Crippen LogP contribution in [0.4, 0.5) is 0 Å². The van der Waals surface area contributed by atoms with E-state index in [1.165, 1.54) is 6.42 Å². The first kappa shape index (κ1) is 9.04. The predicted octanol–water partition coefficient (Wildman–Crippen LogP) is 1.38. The van der Waals surface area contributed by atoms with Crippen LogP contribution in [0, 0.1) is 11.3 Å². The minimum Gasteiger partial charge on any atom is -0.504 e. The number of phenols is 1. The Hall–Kier alpha value is -1.22. The SMILES string of the molecule is Oc1ccccc1OCC12CNCC1C2. The lowest BCUT2D eigenvalue weighted by Gasteiger charge is -2.13. The number of fused-ring (bicyclic) bond motifs is 1. The van der Waals surface area contributed by atoms with E-state index in [1.54, 1.807) is 12.1 Å². The fraction of sp³-hybridized carbons (Fsp3) is 0.500. The molecule has 2 fully saturated rings. The molecule has 2 atom stereocenters. The first-order chi connectivity index (χ1) is 7.30. The zero-order valence-corrected chi connectivity index (χ0v) is 8.57. The Kier molecular flexibility index (Phi) is 1.89. The first-order valence-corrected chi connectivity index (χ1v) is 5.42. The molecule has 2 N–H and O–H groups in total. The molecule has 1 saturated heterocycles. The van der Waals surface area contributed by atoms with Gasteiger partial charge in [-0.1, -0.05) is 12.1 Å². The van der Waals surface area contributed by atoms with Gasteiger partial charge in [0, 0.05) is 12.0 Å². The minimum absolute atomic E-state index is 0.233. The molecule has 0 spiro atoms. The Labute approximate surface area is 89.1 Å². The van der Waals surface area contributed by atoms with Crippen molar-refractivity contribution in [3.63, 3.8) is 0 Å². The Morgan fingerprint density at radius 2 is 2.33 bits per heavy atom. The highest BCUT2D eigenvalue weighted by molar-refractivity contribution is 5.38. The van der Waals surface area contributed by atoms with Crippen molar-refractivity contribution in [2.24, 2.45) is 11.3 Å². The summed E-state index contributed by atoms with van der Waals surface area (Å²) < 4.78 is 5.68. The second kappa shape index (κ2) is 3.14.